The van der Waals surface area contributed by atoms with Gasteiger partial charge in [-0.05, 0) is 6.92 Å². The molecule has 90 valence electrons. The lowest BCUT2D eigenvalue weighted by molar-refractivity contribution is 0.396. The second kappa shape index (κ2) is 4.72. The number of nitrogen functional groups attached to an aromatic ring is 1. The third-order valence-corrected chi connectivity index (χ3v) is 2.52. The minimum absolute atomic E-state index is 0.0847. The Labute approximate surface area is 105 Å². The van der Waals surface area contributed by atoms with Gasteiger partial charge in [0.2, 0.25) is 11.8 Å². The topological polar surface area (TPSA) is 84.8 Å². The number of benzene rings is 1. The van der Waals surface area contributed by atoms with Gasteiger partial charge in [-0.1, -0.05) is 29.8 Å². The first-order valence-corrected chi connectivity index (χ1v) is 5.34. The van der Waals surface area contributed by atoms with Gasteiger partial charge in [-0.15, -0.1) is 0 Å². The highest BCUT2D eigenvalue weighted by atomic mass is 16.5. The molecule has 0 bridgehead atoms. The Morgan fingerprint density at radius 3 is 2.44 bits per heavy atom. The summed E-state index contributed by atoms with van der Waals surface area (Å²) in [6.45, 7) is 1.99. The molecule has 5 heteroatoms. The Morgan fingerprint density at radius 2 is 1.89 bits per heavy atom. The molecule has 0 aliphatic heterocycles. The number of nitrogens with zero attached hydrogens (tertiary/aromatic N) is 3. The molecule has 1 aromatic carbocycles. The molecule has 2 N–H and O–H groups in total. The van der Waals surface area contributed by atoms with Gasteiger partial charge in [0.15, 0.2) is 0 Å². The fourth-order valence-corrected chi connectivity index (χ4v) is 1.63. The van der Waals surface area contributed by atoms with Crippen LogP contribution in [0.4, 0.5) is 5.95 Å². The number of methoxy groups -OCH3 is 1. The van der Waals surface area contributed by atoms with E-state index in [0.717, 1.165) is 11.1 Å². The Balaban J connectivity index is 2.67. The number of hydrogen-bond donors (Lipinski definition) is 1. The second-order valence-corrected chi connectivity index (χ2v) is 3.79. The second-order valence-electron chi connectivity index (χ2n) is 3.79. The zero-order valence-corrected chi connectivity index (χ0v) is 10.1. The van der Waals surface area contributed by atoms with Crippen LogP contribution in [-0.4, -0.2) is 17.1 Å². The van der Waals surface area contributed by atoms with E-state index < -0.39 is 0 Å². The van der Waals surface area contributed by atoms with Crippen molar-refractivity contribution in [1.29, 1.82) is 5.26 Å². The molecule has 0 aliphatic rings. The molecule has 5 nitrogen and oxygen atoms in total. The standard InChI is InChI=1S/C13H12N4O/c1-8-3-5-9(6-4-8)11-10(7-14)12(18-2)17-13(15)16-11/h3-6H,1-2H3,(H2,15,16,17). The van der Waals surface area contributed by atoms with E-state index in [-0.39, 0.29) is 17.4 Å². The van der Waals surface area contributed by atoms with Gasteiger partial charge in [-0.2, -0.15) is 10.2 Å². The smallest absolute Gasteiger partial charge is 0.236 e. The van der Waals surface area contributed by atoms with Crippen molar-refractivity contribution in [3.8, 4) is 23.2 Å². The number of aromatic nitrogens is 2. The van der Waals surface area contributed by atoms with Gasteiger partial charge in [0, 0.05) is 5.56 Å². The first kappa shape index (κ1) is 11.9. The first-order valence-electron chi connectivity index (χ1n) is 5.34. The molecule has 0 spiro atoms. The third-order valence-electron chi connectivity index (χ3n) is 2.52. The van der Waals surface area contributed by atoms with Crippen LogP contribution in [0.1, 0.15) is 11.1 Å². The lowest BCUT2D eigenvalue weighted by Crippen LogP contribution is -2.03. The van der Waals surface area contributed by atoms with Crippen molar-refractivity contribution in [2.45, 2.75) is 6.92 Å². The Kier molecular flexibility index (Phi) is 3.11. The van der Waals surface area contributed by atoms with Gasteiger partial charge in [0.25, 0.3) is 0 Å². The molecule has 0 unspecified atom stereocenters. The number of hydrogen-bond acceptors (Lipinski definition) is 5. The van der Waals surface area contributed by atoms with E-state index in [9.17, 15) is 5.26 Å². The molecule has 0 saturated carbocycles. The van der Waals surface area contributed by atoms with Crippen molar-refractivity contribution >= 4 is 5.95 Å². The fraction of sp³-hybridized carbons (Fsp3) is 0.154. The van der Waals surface area contributed by atoms with E-state index >= 15 is 0 Å². The van der Waals surface area contributed by atoms with Crippen LogP contribution >= 0.6 is 0 Å². The normalized spacial score (nSPS) is 9.83. The summed E-state index contributed by atoms with van der Waals surface area (Å²) in [5, 5.41) is 9.19. The average molecular weight is 240 g/mol. The van der Waals surface area contributed by atoms with Crippen LogP contribution in [0.15, 0.2) is 24.3 Å². The van der Waals surface area contributed by atoms with Gasteiger partial charge in [0.05, 0.1) is 12.8 Å². The van der Waals surface area contributed by atoms with Crippen molar-refractivity contribution in [3.05, 3.63) is 35.4 Å². The van der Waals surface area contributed by atoms with Crippen LogP contribution in [-0.2, 0) is 0 Å². The van der Waals surface area contributed by atoms with Crippen LogP contribution in [0.3, 0.4) is 0 Å². The maximum absolute atomic E-state index is 9.19. The summed E-state index contributed by atoms with van der Waals surface area (Å²) >= 11 is 0. The van der Waals surface area contributed by atoms with E-state index in [1.54, 1.807) is 0 Å². The highest BCUT2D eigenvalue weighted by Gasteiger charge is 2.15. The number of nitrogens with two attached hydrogens (primary N) is 1. The molecule has 0 amide bonds. The minimum Gasteiger partial charge on any atom is -0.480 e. The summed E-state index contributed by atoms with van der Waals surface area (Å²) in [6, 6.07) is 9.71. The number of anilines is 1. The van der Waals surface area contributed by atoms with E-state index in [0.29, 0.717) is 5.69 Å². The van der Waals surface area contributed by atoms with Gasteiger partial charge < -0.3 is 10.5 Å². The highest BCUT2D eigenvalue weighted by Crippen LogP contribution is 2.27. The monoisotopic (exact) mass is 240 g/mol. The summed E-state index contributed by atoms with van der Waals surface area (Å²) in [5.74, 6) is 0.280. The van der Waals surface area contributed by atoms with Crippen LogP contribution in [0.2, 0.25) is 0 Å². The number of aryl methyl sites for hydroxylation is 1. The maximum atomic E-state index is 9.19. The maximum Gasteiger partial charge on any atom is 0.236 e. The Bertz CT molecular complexity index is 614. The Morgan fingerprint density at radius 1 is 1.22 bits per heavy atom. The largest absolute Gasteiger partial charge is 0.480 e. The average Bonchev–Trinajstić information content (AvgIpc) is 2.38. The molecule has 1 aromatic heterocycles. The molecule has 0 fully saturated rings. The lowest BCUT2D eigenvalue weighted by Gasteiger charge is -2.08. The predicted octanol–water partition coefficient (Wildman–Crippen LogP) is 1.91. The molecule has 0 saturated heterocycles. The molecular formula is C13H12N4O. The van der Waals surface area contributed by atoms with Gasteiger partial charge in [-0.3, -0.25) is 0 Å². The van der Waals surface area contributed by atoms with Crippen LogP contribution in [0.5, 0.6) is 5.88 Å². The molecule has 0 atom stereocenters. The number of ether oxygens (including phenoxy) is 1. The highest BCUT2D eigenvalue weighted by molar-refractivity contribution is 5.70. The quantitative estimate of drug-likeness (QED) is 0.866. The molecule has 1 heterocycles. The van der Waals surface area contributed by atoms with Crippen molar-refractivity contribution < 1.29 is 4.74 Å². The molecular weight excluding hydrogens is 228 g/mol. The van der Waals surface area contributed by atoms with Crippen molar-refractivity contribution in [1.82, 2.24) is 9.97 Å². The molecule has 2 rings (SSSR count). The van der Waals surface area contributed by atoms with Crippen molar-refractivity contribution in [3.63, 3.8) is 0 Å². The minimum atomic E-state index is 0.0847. The van der Waals surface area contributed by atoms with Gasteiger partial charge in [0.1, 0.15) is 11.6 Å². The molecule has 0 radical (unpaired) electrons. The zero-order valence-electron chi connectivity index (χ0n) is 10.1. The van der Waals surface area contributed by atoms with Crippen LogP contribution in [0.25, 0.3) is 11.3 Å². The molecule has 0 aliphatic carbocycles. The van der Waals surface area contributed by atoms with Gasteiger partial charge in [-0.25, -0.2) is 4.98 Å². The van der Waals surface area contributed by atoms with E-state index in [2.05, 4.69) is 9.97 Å². The zero-order chi connectivity index (χ0) is 13.1. The summed E-state index contributed by atoms with van der Waals surface area (Å²) < 4.78 is 5.05. The number of rotatable bonds is 2. The van der Waals surface area contributed by atoms with E-state index in [1.165, 1.54) is 7.11 Å². The Hall–Kier alpha value is -2.61. The van der Waals surface area contributed by atoms with E-state index in [4.69, 9.17) is 10.5 Å². The molecule has 2 aromatic rings. The predicted molar refractivity (Wildman–Crippen MR) is 67.9 cm³/mol. The summed E-state index contributed by atoms with van der Waals surface area (Å²) in [5.41, 5.74) is 8.33. The SMILES string of the molecule is COc1nc(N)nc(-c2ccc(C)cc2)c1C#N. The van der Waals surface area contributed by atoms with Crippen LogP contribution < -0.4 is 10.5 Å². The van der Waals surface area contributed by atoms with Crippen molar-refractivity contribution in [2.75, 3.05) is 12.8 Å². The van der Waals surface area contributed by atoms with E-state index in [1.807, 2.05) is 37.3 Å². The number of nitriles is 1. The van der Waals surface area contributed by atoms with Gasteiger partial charge >= 0.3 is 0 Å². The summed E-state index contributed by atoms with van der Waals surface area (Å²) in [6.07, 6.45) is 0. The fourth-order valence-electron chi connectivity index (χ4n) is 1.63. The summed E-state index contributed by atoms with van der Waals surface area (Å²) in [7, 11) is 1.45. The summed E-state index contributed by atoms with van der Waals surface area (Å²) in [4.78, 5) is 8.00. The van der Waals surface area contributed by atoms with Crippen LogP contribution in [0, 0.1) is 18.3 Å². The first-order chi connectivity index (χ1) is 8.65. The lowest BCUT2D eigenvalue weighted by atomic mass is 10.1. The third kappa shape index (κ3) is 2.09. The molecule has 18 heavy (non-hydrogen) atoms. The van der Waals surface area contributed by atoms with Crippen molar-refractivity contribution in [2.24, 2.45) is 0 Å².